The summed E-state index contributed by atoms with van der Waals surface area (Å²) in [6.07, 6.45) is 3.80. The molecular formula is C33H29N6+. The van der Waals surface area contributed by atoms with Crippen LogP contribution < -0.4 is 4.57 Å². The molecule has 0 fully saturated rings. The number of nitrogens with zero attached hydrogens (tertiary/aromatic N) is 6. The lowest BCUT2D eigenvalue weighted by atomic mass is 10.1. The molecule has 6 rings (SSSR count). The maximum Gasteiger partial charge on any atom is 0.249 e. The topological polar surface area (TPSA) is 74.2 Å². The van der Waals surface area contributed by atoms with Gasteiger partial charge in [-0.25, -0.2) is 9.55 Å². The molecule has 0 amide bonds. The van der Waals surface area contributed by atoms with Gasteiger partial charge in [-0.2, -0.15) is 15.1 Å². The fraction of sp³-hybridized carbons (Fsp3) is 0.152. The zero-order valence-corrected chi connectivity index (χ0v) is 22.8. The quantitative estimate of drug-likeness (QED) is 0.252. The van der Waals surface area contributed by atoms with Crippen molar-refractivity contribution in [2.45, 2.75) is 27.7 Å². The Morgan fingerprint density at radius 2 is 1.18 bits per heavy atom. The van der Waals surface area contributed by atoms with Crippen LogP contribution in [0.25, 0.3) is 33.4 Å². The van der Waals surface area contributed by atoms with E-state index in [1.165, 1.54) is 22.3 Å². The molecule has 0 saturated heterocycles. The number of benzene rings is 4. The molecule has 0 radical (unpaired) electrons. The standard InChI is InChI=1S/C17H16N3.C16H13N3/c1-12-7-13(2)9-15(8-12)20-11-19(3)16-6-4-5-14(10-18)17(16)20;1-11-6-12(2)8-14(7-11)19-10-18-15-5-3-4-13(9-17)16(15)19/h4-9,11H,1-3H3;3-8,10H,1-2H3/q+1;. The van der Waals surface area contributed by atoms with Crippen LogP contribution in [0.15, 0.2) is 85.5 Å². The van der Waals surface area contributed by atoms with E-state index in [1.54, 1.807) is 6.33 Å². The number of rotatable bonds is 2. The number of hydrogen-bond donors (Lipinski definition) is 0. The molecule has 0 unspecified atom stereocenters. The average molecular weight is 510 g/mol. The van der Waals surface area contributed by atoms with Gasteiger partial charge in [-0.15, -0.1) is 0 Å². The molecule has 6 aromatic rings. The third-order valence-electron chi connectivity index (χ3n) is 6.70. The summed E-state index contributed by atoms with van der Waals surface area (Å²) in [5.41, 5.74) is 12.1. The Hall–Kier alpha value is -5.20. The molecule has 0 aliphatic rings. The molecule has 0 bridgehead atoms. The third kappa shape index (κ3) is 4.89. The maximum atomic E-state index is 9.35. The second-order valence-electron chi connectivity index (χ2n) is 9.97. The molecule has 4 aromatic carbocycles. The molecule has 0 atom stereocenters. The fourth-order valence-electron chi connectivity index (χ4n) is 5.18. The van der Waals surface area contributed by atoms with Crippen molar-refractivity contribution < 1.29 is 4.57 Å². The lowest BCUT2D eigenvalue weighted by Gasteiger charge is -2.08. The Labute approximate surface area is 228 Å². The van der Waals surface area contributed by atoms with E-state index < -0.39 is 0 Å². The van der Waals surface area contributed by atoms with Crippen molar-refractivity contribution in [1.29, 1.82) is 10.5 Å². The highest BCUT2D eigenvalue weighted by molar-refractivity contribution is 5.83. The summed E-state index contributed by atoms with van der Waals surface area (Å²) in [6, 6.07) is 28.7. The van der Waals surface area contributed by atoms with Crippen molar-refractivity contribution >= 4 is 22.1 Å². The highest BCUT2D eigenvalue weighted by Gasteiger charge is 2.19. The minimum Gasteiger partial charge on any atom is -0.298 e. The second-order valence-corrected chi connectivity index (χ2v) is 9.97. The Kier molecular flexibility index (Phi) is 6.71. The SMILES string of the molecule is Cc1cc(C)cc(-n2c[n+](C)c3cccc(C#N)c32)c1.Cc1cc(C)cc(-n2cnc3cccc(C#N)c32)c1. The fourth-order valence-corrected chi connectivity index (χ4v) is 5.18. The first-order valence-electron chi connectivity index (χ1n) is 12.7. The molecule has 0 saturated carbocycles. The van der Waals surface area contributed by atoms with Crippen LogP contribution >= 0.6 is 0 Å². The molecule has 0 aliphatic heterocycles. The van der Waals surface area contributed by atoms with Gasteiger partial charge < -0.3 is 0 Å². The van der Waals surface area contributed by atoms with Crippen LogP contribution in [0.3, 0.4) is 0 Å². The van der Waals surface area contributed by atoms with Crippen LogP contribution in [0, 0.1) is 50.4 Å². The molecular weight excluding hydrogens is 480 g/mol. The predicted molar refractivity (Wildman–Crippen MR) is 154 cm³/mol. The van der Waals surface area contributed by atoms with Crippen LogP contribution in [0.5, 0.6) is 0 Å². The highest BCUT2D eigenvalue weighted by atomic mass is 15.1. The molecule has 6 nitrogen and oxygen atoms in total. The number of aromatic nitrogens is 4. The van der Waals surface area contributed by atoms with Gasteiger partial charge in [0.2, 0.25) is 6.33 Å². The molecule has 6 heteroatoms. The summed E-state index contributed by atoms with van der Waals surface area (Å²) < 4.78 is 6.12. The molecule has 39 heavy (non-hydrogen) atoms. The van der Waals surface area contributed by atoms with E-state index in [1.807, 2.05) is 58.9 Å². The summed E-state index contributed by atoms with van der Waals surface area (Å²) in [7, 11) is 2.00. The van der Waals surface area contributed by atoms with E-state index in [0.29, 0.717) is 11.1 Å². The molecule has 0 aliphatic carbocycles. The first-order valence-corrected chi connectivity index (χ1v) is 12.7. The van der Waals surface area contributed by atoms with E-state index in [9.17, 15) is 10.5 Å². The van der Waals surface area contributed by atoms with Crippen molar-refractivity contribution in [3.05, 3.63) is 119 Å². The number of aryl methyl sites for hydroxylation is 5. The summed E-state index contributed by atoms with van der Waals surface area (Å²) in [6.45, 7) is 8.32. The van der Waals surface area contributed by atoms with Crippen molar-refractivity contribution in [3.63, 3.8) is 0 Å². The van der Waals surface area contributed by atoms with Gasteiger partial charge in [-0.05, 0) is 98.5 Å². The van der Waals surface area contributed by atoms with Gasteiger partial charge in [0.1, 0.15) is 29.7 Å². The zero-order chi connectivity index (χ0) is 27.7. The Morgan fingerprint density at radius 3 is 1.74 bits per heavy atom. The molecule has 0 spiro atoms. The third-order valence-corrected chi connectivity index (χ3v) is 6.70. The summed E-state index contributed by atoms with van der Waals surface area (Å²) in [5.74, 6) is 0. The Morgan fingerprint density at radius 1 is 0.667 bits per heavy atom. The van der Waals surface area contributed by atoms with Crippen molar-refractivity contribution in [2.24, 2.45) is 7.05 Å². The summed E-state index contributed by atoms with van der Waals surface area (Å²) in [4.78, 5) is 4.37. The van der Waals surface area contributed by atoms with E-state index in [0.717, 1.165) is 33.4 Å². The molecule has 2 aromatic heterocycles. The highest BCUT2D eigenvalue weighted by Crippen LogP contribution is 2.24. The van der Waals surface area contributed by atoms with E-state index in [4.69, 9.17) is 0 Å². The number of fused-ring (bicyclic) bond motifs is 2. The van der Waals surface area contributed by atoms with Crippen molar-refractivity contribution in [2.75, 3.05) is 0 Å². The largest absolute Gasteiger partial charge is 0.298 e. The van der Waals surface area contributed by atoms with Crippen LogP contribution in [-0.2, 0) is 7.05 Å². The lowest BCUT2D eigenvalue weighted by Crippen LogP contribution is -2.25. The number of hydrogen-bond acceptors (Lipinski definition) is 3. The first-order chi connectivity index (χ1) is 18.8. The van der Waals surface area contributed by atoms with E-state index in [-0.39, 0.29) is 0 Å². The van der Waals surface area contributed by atoms with Crippen molar-refractivity contribution in [3.8, 4) is 23.5 Å². The van der Waals surface area contributed by atoms with Gasteiger partial charge >= 0.3 is 0 Å². The van der Waals surface area contributed by atoms with Gasteiger partial charge in [0.05, 0.1) is 23.6 Å². The summed E-state index contributed by atoms with van der Waals surface area (Å²) >= 11 is 0. The van der Waals surface area contributed by atoms with Gasteiger partial charge in [0.15, 0.2) is 11.0 Å². The zero-order valence-electron chi connectivity index (χ0n) is 22.8. The van der Waals surface area contributed by atoms with Crippen molar-refractivity contribution in [1.82, 2.24) is 14.1 Å². The molecule has 2 heterocycles. The van der Waals surface area contributed by atoms with Crippen LogP contribution in [-0.4, -0.2) is 14.1 Å². The predicted octanol–water partition coefficient (Wildman–Crippen LogP) is 6.46. The minimum atomic E-state index is 0.647. The Bertz CT molecular complexity index is 1900. The second kappa shape index (κ2) is 10.3. The van der Waals surface area contributed by atoms with Crippen LogP contribution in [0.4, 0.5) is 0 Å². The van der Waals surface area contributed by atoms with Gasteiger partial charge in [0.25, 0.3) is 0 Å². The molecule has 0 N–H and O–H groups in total. The summed E-state index contributed by atoms with van der Waals surface area (Å²) in [5, 5.41) is 18.6. The van der Waals surface area contributed by atoms with Crippen LogP contribution in [0.1, 0.15) is 33.4 Å². The lowest BCUT2D eigenvalue weighted by molar-refractivity contribution is -0.645. The number of imidazole rings is 2. The van der Waals surface area contributed by atoms with E-state index in [2.05, 4.69) is 85.8 Å². The minimum absolute atomic E-state index is 0.647. The van der Waals surface area contributed by atoms with Crippen LogP contribution in [0.2, 0.25) is 0 Å². The smallest absolute Gasteiger partial charge is 0.249 e. The van der Waals surface area contributed by atoms with E-state index >= 15 is 0 Å². The molecule has 190 valence electrons. The van der Waals surface area contributed by atoms with Gasteiger partial charge in [-0.3, -0.25) is 4.57 Å². The number of nitriles is 2. The monoisotopic (exact) mass is 509 g/mol. The number of para-hydroxylation sites is 2. The average Bonchev–Trinajstić information content (AvgIpc) is 3.49. The van der Waals surface area contributed by atoms with Gasteiger partial charge in [-0.1, -0.05) is 24.3 Å². The van der Waals surface area contributed by atoms with Gasteiger partial charge in [0, 0.05) is 5.69 Å². The Balaban J connectivity index is 0.000000158. The first kappa shape index (κ1) is 25.4. The normalized spacial score (nSPS) is 10.6. The maximum absolute atomic E-state index is 9.35.